The lowest BCUT2D eigenvalue weighted by Crippen LogP contribution is -2.54. The molecular weight excluding hydrogens is 352 g/mol. The molecule has 1 fully saturated rings. The van der Waals surface area contributed by atoms with Gasteiger partial charge in [0.25, 0.3) is 5.91 Å². The number of piperazine rings is 1. The Morgan fingerprint density at radius 2 is 1.77 bits per heavy atom. The first kappa shape index (κ1) is 20.9. The number of amides is 1. The van der Waals surface area contributed by atoms with E-state index in [-0.39, 0.29) is 18.1 Å². The molecule has 1 N–H and O–H groups in total. The van der Waals surface area contributed by atoms with E-state index >= 15 is 0 Å². The monoisotopic (exact) mass is 380 g/mol. The lowest BCUT2D eigenvalue weighted by molar-refractivity contribution is -0.142. The van der Waals surface area contributed by atoms with Crippen LogP contribution in [0.3, 0.4) is 0 Å². The number of aryl methyl sites for hydroxylation is 1. The van der Waals surface area contributed by atoms with Crippen LogP contribution in [0.4, 0.5) is 0 Å². The third-order valence-electron chi connectivity index (χ3n) is 5.23. The van der Waals surface area contributed by atoms with Crippen molar-refractivity contribution in [3.05, 3.63) is 34.3 Å². The zero-order valence-corrected chi connectivity index (χ0v) is 16.6. The van der Waals surface area contributed by atoms with E-state index in [4.69, 9.17) is 11.6 Å². The highest BCUT2D eigenvalue weighted by Gasteiger charge is 2.29. The average molecular weight is 381 g/mol. The van der Waals surface area contributed by atoms with Gasteiger partial charge in [-0.05, 0) is 43.5 Å². The maximum absolute atomic E-state index is 12.5. The number of carbonyl (C=O) groups is 2. The molecule has 144 valence electrons. The normalized spacial score (nSPS) is 16.8. The molecule has 0 radical (unpaired) electrons. The number of benzene rings is 1. The van der Waals surface area contributed by atoms with E-state index in [0.29, 0.717) is 29.7 Å². The van der Waals surface area contributed by atoms with Gasteiger partial charge in [-0.3, -0.25) is 14.5 Å². The number of halogens is 1. The van der Waals surface area contributed by atoms with E-state index < -0.39 is 6.10 Å². The molecule has 26 heavy (non-hydrogen) atoms. The van der Waals surface area contributed by atoms with Crippen LogP contribution < -0.4 is 0 Å². The minimum absolute atomic E-state index is 0.202. The first-order chi connectivity index (χ1) is 12.4. The number of hydrogen-bond acceptors (Lipinski definition) is 4. The van der Waals surface area contributed by atoms with Crippen molar-refractivity contribution in [3.63, 3.8) is 0 Å². The summed E-state index contributed by atoms with van der Waals surface area (Å²) in [5.41, 5.74) is 1.27. The minimum atomic E-state index is -1.29. The number of ketones is 1. The van der Waals surface area contributed by atoms with Crippen LogP contribution in [0.25, 0.3) is 0 Å². The van der Waals surface area contributed by atoms with Gasteiger partial charge in [0.15, 0.2) is 5.78 Å². The first-order valence-electron chi connectivity index (χ1n) is 9.37. The van der Waals surface area contributed by atoms with Crippen LogP contribution in [-0.2, 0) is 4.79 Å². The molecule has 5 nitrogen and oxygen atoms in total. The second-order valence-electron chi connectivity index (χ2n) is 6.94. The number of rotatable bonds is 7. The second kappa shape index (κ2) is 9.49. The van der Waals surface area contributed by atoms with Crippen LogP contribution in [0, 0.1) is 6.92 Å². The van der Waals surface area contributed by atoms with Crippen molar-refractivity contribution in [2.24, 2.45) is 0 Å². The van der Waals surface area contributed by atoms with Crippen LogP contribution in [0.15, 0.2) is 18.2 Å². The molecule has 1 amide bonds. The van der Waals surface area contributed by atoms with Crippen LogP contribution in [-0.4, -0.2) is 64.9 Å². The zero-order valence-electron chi connectivity index (χ0n) is 15.9. The lowest BCUT2D eigenvalue weighted by Gasteiger charge is -2.39. The Morgan fingerprint density at radius 1 is 1.15 bits per heavy atom. The smallest absolute Gasteiger partial charge is 0.251 e. The van der Waals surface area contributed by atoms with Crippen LogP contribution in [0.5, 0.6) is 0 Å². The summed E-state index contributed by atoms with van der Waals surface area (Å²) in [5, 5.41) is 10.8. The molecule has 1 aromatic carbocycles. The van der Waals surface area contributed by atoms with Crippen molar-refractivity contribution in [2.75, 3.05) is 26.2 Å². The SMILES string of the molecule is CCC(CC)N1CCN(C(=O)C(O)CC(=O)c2ccc(Cl)c(C)c2)CC1. The van der Waals surface area contributed by atoms with E-state index in [0.717, 1.165) is 31.5 Å². The molecule has 0 bridgehead atoms. The number of Topliss-reactive ketones (excluding diaryl/α,β-unsaturated/α-hetero) is 1. The molecule has 6 heteroatoms. The maximum Gasteiger partial charge on any atom is 0.251 e. The van der Waals surface area contributed by atoms with Crippen LogP contribution in [0.2, 0.25) is 5.02 Å². The fourth-order valence-corrected chi connectivity index (χ4v) is 3.64. The highest BCUT2D eigenvalue weighted by molar-refractivity contribution is 6.31. The summed E-state index contributed by atoms with van der Waals surface area (Å²) in [7, 11) is 0. The Labute approximate surface area is 160 Å². The van der Waals surface area contributed by atoms with Crippen molar-refractivity contribution >= 4 is 23.3 Å². The summed E-state index contributed by atoms with van der Waals surface area (Å²) in [6, 6.07) is 5.53. The summed E-state index contributed by atoms with van der Waals surface area (Å²) in [5.74, 6) is -0.602. The Morgan fingerprint density at radius 3 is 2.31 bits per heavy atom. The van der Waals surface area contributed by atoms with Crippen molar-refractivity contribution in [1.29, 1.82) is 0 Å². The second-order valence-corrected chi connectivity index (χ2v) is 7.35. The van der Waals surface area contributed by atoms with Gasteiger partial charge < -0.3 is 10.0 Å². The Balaban J connectivity index is 1.89. The zero-order chi connectivity index (χ0) is 19.3. The molecule has 1 unspecified atom stereocenters. The fraction of sp³-hybridized carbons (Fsp3) is 0.600. The van der Waals surface area contributed by atoms with Gasteiger partial charge in [0, 0.05) is 49.2 Å². The molecule has 1 aliphatic rings. The average Bonchev–Trinajstić information content (AvgIpc) is 2.64. The molecule has 1 aliphatic heterocycles. The van der Waals surface area contributed by atoms with E-state index in [9.17, 15) is 14.7 Å². The molecule has 1 heterocycles. The number of aliphatic hydroxyl groups is 1. The number of carbonyl (C=O) groups excluding carboxylic acids is 2. The molecule has 1 atom stereocenters. The first-order valence-corrected chi connectivity index (χ1v) is 9.75. The molecule has 0 aromatic heterocycles. The number of aliphatic hydroxyl groups excluding tert-OH is 1. The van der Waals surface area contributed by atoms with Gasteiger partial charge in [0.2, 0.25) is 0 Å². The van der Waals surface area contributed by atoms with E-state index in [1.165, 1.54) is 0 Å². The highest BCUT2D eigenvalue weighted by Crippen LogP contribution is 2.18. The van der Waals surface area contributed by atoms with Crippen molar-refractivity contribution in [3.8, 4) is 0 Å². The lowest BCUT2D eigenvalue weighted by atomic mass is 10.0. The molecule has 0 spiro atoms. The Kier molecular flexibility index (Phi) is 7.62. The largest absolute Gasteiger partial charge is 0.383 e. The van der Waals surface area contributed by atoms with E-state index in [1.807, 2.05) is 6.92 Å². The predicted molar refractivity (Wildman–Crippen MR) is 104 cm³/mol. The predicted octanol–water partition coefficient (Wildman–Crippen LogP) is 2.91. The van der Waals surface area contributed by atoms with Crippen LogP contribution in [0.1, 0.15) is 49.0 Å². The topological polar surface area (TPSA) is 60.9 Å². The Hall–Kier alpha value is -1.43. The van der Waals surface area contributed by atoms with Gasteiger partial charge >= 0.3 is 0 Å². The third-order valence-corrected chi connectivity index (χ3v) is 5.65. The molecule has 0 saturated carbocycles. The summed E-state index contributed by atoms with van der Waals surface area (Å²) in [4.78, 5) is 28.9. The standard InChI is InChI=1S/C20H29ClN2O3/c1-4-16(5-2)22-8-10-23(11-9-22)20(26)19(25)13-18(24)15-6-7-17(21)14(3)12-15/h6-7,12,16,19,25H,4-5,8-11,13H2,1-3H3. The van der Waals surface area contributed by atoms with E-state index in [2.05, 4.69) is 18.7 Å². The highest BCUT2D eigenvalue weighted by atomic mass is 35.5. The van der Waals surface area contributed by atoms with Gasteiger partial charge in [-0.2, -0.15) is 0 Å². The van der Waals surface area contributed by atoms with Crippen molar-refractivity contribution < 1.29 is 14.7 Å². The number of hydrogen-bond donors (Lipinski definition) is 1. The Bertz CT molecular complexity index is 638. The van der Waals surface area contributed by atoms with Gasteiger partial charge in [0.05, 0.1) is 0 Å². The summed E-state index contributed by atoms with van der Waals surface area (Å²) in [6.07, 6.45) is 0.704. The quantitative estimate of drug-likeness (QED) is 0.739. The summed E-state index contributed by atoms with van der Waals surface area (Å²) >= 11 is 5.97. The molecule has 2 rings (SSSR count). The summed E-state index contributed by atoms with van der Waals surface area (Å²) < 4.78 is 0. The molecule has 1 saturated heterocycles. The minimum Gasteiger partial charge on any atom is -0.383 e. The van der Waals surface area contributed by atoms with Gasteiger partial charge in [-0.15, -0.1) is 0 Å². The van der Waals surface area contributed by atoms with E-state index in [1.54, 1.807) is 23.1 Å². The summed E-state index contributed by atoms with van der Waals surface area (Å²) in [6.45, 7) is 9.00. The number of nitrogens with zero attached hydrogens (tertiary/aromatic N) is 2. The molecule has 0 aliphatic carbocycles. The van der Waals surface area contributed by atoms with Gasteiger partial charge in [-0.25, -0.2) is 0 Å². The molecule has 1 aromatic rings. The van der Waals surface area contributed by atoms with Crippen LogP contribution >= 0.6 is 11.6 Å². The van der Waals surface area contributed by atoms with Crippen molar-refractivity contribution in [2.45, 2.75) is 52.2 Å². The molecular formula is C20H29ClN2O3. The maximum atomic E-state index is 12.5. The fourth-order valence-electron chi connectivity index (χ4n) is 3.52. The van der Waals surface area contributed by atoms with Gasteiger partial charge in [-0.1, -0.05) is 25.4 Å². The van der Waals surface area contributed by atoms with Crippen molar-refractivity contribution in [1.82, 2.24) is 9.80 Å². The third kappa shape index (κ3) is 5.06. The van der Waals surface area contributed by atoms with Gasteiger partial charge in [0.1, 0.15) is 6.10 Å².